The molecule has 0 spiro atoms. The highest BCUT2D eigenvalue weighted by Gasteiger charge is 2.27. The molecule has 1 aromatic carbocycles. The summed E-state index contributed by atoms with van der Waals surface area (Å²) < 4.78 is 0. The van der Waals surface area contributed by atoms with Gasteiger partial charge in [-0.25, -0.2) is 19.9 Å². The zero-order valence-corrected chi connectivity index (χ0v) is 14.5. The second-order valence-corrected chi connectivity index (χ2v) is 5.79. The van der Waals surface area contributed by atoms with E-state index < -0.39 is 12.1 Å². The number of nitriles is 6. The predicted molar refractivity (Wildman–Crippen MR) is 92.6 cm³/mol. The Kier molecular flexibility index (Phi) is 3.90. The van der Waals surface area contributed by atoms with Crippen LogP contribution in [0, 0.1) is 68.0 Å². The van der Waals surface area contributed by atoms with E-state index >= 15 is 0 Å². The Morgan fingerprint density at radius 3 is 1.03 bits per heavy atom. The highest BCUT2D eigenvalue weighted by atomic mass is 15.0. The lowest BCUT2D eigenvalue weighted by Crippen LogP contribution is -2.40. The smallest absolute Gasteiger partial charge is 0.177 e. The van der Waals surface area contributed by atoms with Crippen LogP contribution in [-0.2, 0) is 0 Å². The summed E-state index contributed by atoms with van der Waals surface area (Å²) in [5, 5.41) is 55.9. The van der Waals surface area contributed by atoms with Gasteiger partial charge in [0.2, 0.25) is 0 Å². The summed E-state index contributed by atoms with van der Waals surface area (Å²) in [7, 11) is 0. The molecule has 4 rings (SSSR count). The molecule has 2 unspecified atom stereocenters. The van der Waals surface area contributed by atoms with Gasteiger partial charge in [0.1, 0.15) is 57.1 Å². The van der Waals surface area contributed by atoms with Gasteiger partial charge in [0, 0.05) is 0 Å². The van der Waals surface area contributed by atoms with Crippen LogP contribution in [0.4, 0.5) is 0 Å². The molecule has 12 nitrogen and oxygen atoms in total. The fourth-order valence-electron chi connectivity index (χ4n) is 2.93. The van der Waals surface area contributed by atoms with Gasteiger partial charge in [0.25, 0.3) is 0 Å². The van der Waals surface area contributed by atoms with Gasteiger partial charge >= 0.3 is 0 Å². The first-order valence-electron chi connectivity index (χ1n) is 8.00. The summed E-state index contributed by atoms with van der Waals surface area (Å²) in [5.74, 6) is 0. The minimum absolute atomic E-state index is 0.00108. The van der Waals surface area contributed by atoms with Crippen LogP contribution >= 0.6 is 0 Å². The lowest BCUT2D eigenvalue weighted by atomic mass is 10.1. The summed E-state index contributed by atoms with van der Waals surface area (Å²) in [6.07, 6.45) is 0. The number of benzene rings is 1. The number of hydrogen-bond donors (Lipinski definition) is 0. The van der Waals surface area contributed by atoms with Gasteiger partial charge in [-0.1, -0.05) is 0 Å². The summed E-state index contributed by atoms with van der Waals surface area (Å²) in [6.45, 7) is 0. The Morgan fingerprint density at radius 2 is 0.767 bits per heavy atom. The number of nitrogens with zero attached hydrogens (tertiary/aromatic N) is 12. The molecule has 0 bridgehead atoms. The molecule has 0 aliphatic carbocycles. The lowest BCUT2D eigenvalue weighted by molar-refractivity contribution is 0.673. The molecule has 2 atom stereocenters. The van der Waals surface area contributed by atoms with Crippen LogP contribution in [0.5, 0.6) is 0 Å². The average molecular weight is 386 g/mol. The molecule has 0 fully saturated rings. The van der Waals surface area contributed by atoms with Gasteiger partial charge in [0.15, 0.2) is 34.9 Å². The molecule has 0 N–H and O–H groups in total. The molecule has 134 valence electrons. The maximum atomic E-state index is 9.34. The van der Waals surface area contributed by atoms with Crippen LogP contribution in [0.25, 0.3) is 22.1 Å². The van der Waals surface area contributed by atoms with Crippen molar-refractivity contribution in [3.05, 3.63) is 33.5 Å². The van der Waals surface area contributed by atoms with E-state index in [0.29, 0.717) is 0 Å². The third-order valence-electron chi connectivity index (χ3n) is 4.21. The molecule has 30 heavy (non-hydrogen) atoms. The van der Waals surface area contributed by atoms with Gasteiger partial charge in [-0.2, -0.15) is 31.6 Å². The molecule has 0 saturated carbocycles. The van der Waals surface area contributed by atoms with Crippen LogP contribution in [0.3, 0.4) is 0 Å². The van der Waals surface area contributed by atoms with Crippen molar-refractivity contribution in [2.24, 2.45) is 9.98 Å². The van der Waals surface area contributed by atoms with Crippen LogP contribution < -0.4 is 10.7 Å². The van der Waals surface area contributed by atoms with Crippen molar-refractivity contribution in [2.75, 3.05) is 0 Å². The predicted octanol–water partition coefficient (Wildman–Crippen LogP) is -0.903. The van der Waals surface area contributed by atoms with E-state index in [4.69, 9.17) is 0 Å². The first-order chi connectivity index (χ1) is 14.6. The Bertz CT molecular complexity index is 1550. The lowest BCUT2D eigenvalue weighted by Gasteiger charge is -2.13. The third kappa shape index (κ3) is 2.34. The van der Waals surface area contributed by atoms with Gasteiger partial charge in [-0.3, -0.25) is 9.98 Å². The van der Waals surface area contributed by atoms with E-state index in [0.717, 1.165) is 0 Å². The van der Waals surface area contributed by atoms with Crippen LogP contribution in [0.1, 0.15) is 22.8 Å². The number of hydrogen-bond acceptors (Lipinski definition) is 12. The average Bonchev–Trinajstić information content (AvgIpc) is 2.81. The van der Waals surface area contributed by atoms with Crippen molar-refractivity contribution in [1.29, 1.82) is 31.6 Å². The Labute approximate surface area is 166 Å². The molecular formula is C18H2N12. The third-order valence-corrected chi connectivity index (χ3v) is 4.21. The summed E-state index contributed by atoms with van der Waals surface area (Å²) in [4.78, 5) is 25.0. The molecule has 3 aromatic rings. The van der Waals surface area contributed by atoms with Crippen LogP contribution in [0.2, 0.25) is 0 Å². The largest absolute Gasteiger partial charge is 0.259 e. The van der Waals surface area contributed by atoms with Gasteiger partial charge in [-0.05, 0) is 0 Å². The minimum atomic E-state index is -1.15. The molecule has 0 saturated heterocycles. The zero-order chi connectivity index (χ0) is 21.4. The van der Waals surface area contributed by atoms with Crippen molar-refractivity contribution in [3.63, 3.8) is 0 Å². The van der Waals surface area contributed by atoms with Gasteiger partial charge in [0.05, 0.1) is 12.1 Å². The van der Waals surface area contributed by atoms with Crippen molar-refractivity contribution < 1.29 is 0 Å². The minimum Gasteiger partial charge on any atom is -0.259 e. The van der Waals surface area contributed by atoms with E-state index in [1.807, 2.05) is 12.1 Å². The maximum absolute atomic E-state index is 9.34. The molecule has 0 radical (unpaired) electrons. The van der Waals surface area contributed by atoms with E-state index in [-0.39, 0.29) is 55.6 Å². The molecule has 12 heteroatoms. The monoisotopic (exact) mass is 386 g/mol. The van der Waals surface area contributed by atoms with Crippen LogP contribution in [0.15, 0.2) is 9.98 Å². The fourth-order valence-corrected chi connectivity index (χ4v) is 2.93. The standard InChI is InChI=1S/C18H2N12/c19-1-7-8(2-20)26-14-13(25-7)15-17(29-10(4-22)9(3-21)27-15)18-16(14)28-11(5-23)12(6-24)30-18/h7-8H. The van der Waals surface area contributed by atoms with Crippen molar-refractivity contribution in [3.8, 4) is 36.4 Å². The first-order valence-corrected chi connectivity index (χ1v) is 8.00. The zero-order valence-electron chi connectivity index (χ0n) is 14.5. The summed E-state index contributed by atoms with van der Waals surface area (Å²) in [6, 6.07) is 8.49. The van der Waals surface area contributed by atoms with E-state index in [9.17, 15) is 31.6 Å². The summed E-state index contributed by atoms with van der Waals surface area (Å²) >= 11 is 0. The molecular weight excluding hydrogens is 384 g/mol. The van der Waals surface area contributed by atoms with Gasteiger partial charge < -0.3 is 0 Å². The Balaban J connectivity index is 2.39. The highest BCUT2D eigenvalue weighted by Crippen LogP contribution is 2.19. The molecule has 1 aliphatic heterocycles. The maximum Gasteiger partial charge on any atom is 0.177 e. The number of fused-ring (bicyclic) bond motifs is 6. The second-order valence-electron chi connectivity index (χ2n) is 5.79. The Morgan fingerprint density at radius 1 is 0.467 bits per heavy atom. The quantitative estimate of drug-likeness (QED) is 0.433. The molecule has 3 heterocycles. The van der Waals surface area contributed by atoms with E-state index in [1.165, 1.54) is 0 Å². The van der Waals surface area contributed by atoms with E-state index in [1.54, 1.807) is 24.3 Å². The molecule has 1 aliphatic rings. The number of aromatic nitrogens is 4. The van der Waals surface area contributed by atoms with Crippen LogP contribution in [-0.4, -0.2) is 32.0 Å². The van der Waals surface area contributed by atoms with E-state index in [2.05, 4.69) is 29.9 Å². The van der Waals surface area contributed by atoms with Crippen molar-refractivity contribution in [2.45, 2.75) is 12.1 Å². The Hall–Kier alpha value is -5.56. The van der Waals surface area contributed by atoms with Crippen molar-refractivity contribution >= 4 is 22.1 Å². The topological polar surface area (TPSA) is 219 Å². The normalized spacial score (nSPS) is 16.3. The first kappa shape index (κ1) is 17.8. The summed E-state index contributed by atoms with van der Waals surface area (Å²) in [5.41, 5.74) is -1.10. The highest BCUT2D eigenvalue weighted by molar-refractivity contribution is 6.00. The SMILES string of the molecule is N#Cc1nc2c3c(c4nc(C#N)c(C#N)nc4c2nc1C#N)=NC(C#N)C(C#N)N=3. The fraction of sp³-hybridized carbons (Fsp3) is 0.111. The van der Waals surface area contributed by atoms with Gasteiger partial charge in [-0.15, -0.1) is 0 Å². The molecule has 2 aromatic heterocycles. The van der Waals surface area contributed by atoms with Crippen molar-refractivity contribution in [1.82, 2.24) is 19.9 Å². The second kappa shape index (κ2) is 6.55. The molecule has 0 amide bonds. The number of rotatable bonds is 0.